The first-order chi connectivity index (χ1) is 11.2. The number of aryl methyl sites for hydroxylation is 1. The number of aromatic nitrogens is 2. The van der Waals surface area contributed by atoms with Crippen LogP contribution in [-0.4, -0.2) is 34.1 Å². The zero-order valence-electron chi connectivity index (χ0n) is 14.0. The number of thiazole rings is 1. The van der Waals surface area contributed by atoms with Gasteiger partial charge in [0.25, 0.3) is 0 Å². The van der Waals surface area contributed by atoms with E-state index in [1.807, 2.05) is 30.5 Å². The molecule has 0 aliphatic carbocycles. The van der Waals surface area contributed by atoms with Crippen LogP contribution in [0.3, 0.4) is 0 Å². The number of nitrogens with zero attached hydrogens (tertiary/aromatic N) is 2. The molecule has 2 rings (SSSR count). The highest BCUT2D eigenvalue weighted by Gasteiger charge is 2.17. The van der Waals surface area contributed by atoms with Crippen molar-refractivity contribution in [1.29, 1.82) is 0 Å². The number of hydrogen-bond donors (Lipinski definition) is 2. The second-order valence-electron chi connectivity index (χ2n) is 6.11. The molecule has 24 heavy (non-hydrogen) atoms. The Kier molecular flexibility index (Phi) is 5.50. The number of rotatable bonds is 4. The minimum absolute atomic E-state index is 0.188. The number of pyridine rings is 1. The van der Waals surface area contributed by atoms with Crippen LogP contribution in [0.25, 0.3) is 11.4 Å². The molecule has 0 atom stereocenters. The van der Waals surface area contributed by atoms with Gasteiger partial charge in [-0.1, -0.05) is 6.07 Å². The van der Waals surface area contributed by atoms with Crippen LogP contribution in [-0.2, 0) is 9.53 Å². The van der Waals surface area contributed by atoms with E-state index in [9.17, 15) is 9.59 Å². The summed E-state index contributed by atoms with van der Waals surface area (Å²) in [6, 6.07) is 5.67. The molecule has 2 N–H and O–H groups in total. The summed E-state index contributed by atoms with van der Waals surface area (Å²) in [6.45, 7) is 6.97. The fourth-order valence-corrected chi connectivity index (χ4v) is 2.49. The van der Waals surface area contributed by atoms with Gasteiger partial charge in [-0.2, -0.15) is 0 Å². The van der Waals surface area contributed by atoms with Crippen molar-refractivity contribution in [1.82, 2.24) is 15.3 Å². The van der Waals surface area contributed by atoms with Gasteiger partial charge in [0.1, 0.15) is 17.8 Å². The summed E-state index contributed by atoms with van der Waals surface area (Å²) in [7, 11) is 0. The predicted octanol–water partition coefficient (Wildman–Crippen LogP) is 2.98. The molecule has 0 saturated heterocycles. The van der Waals surface area contributed by atoms with Crippen LogP contribution in [0.5, 0.6) is 0 Å². The number of carbonyl (C=O) groups excluding carboxylic acids is 2. The maximum atomic E-state index is 11.9. The second-order valence-corrected chi connectivity index (χ2v) is 6.96. The van der Waals surface area contributed by atoms with Gasteiger partial charge in [0.15, 0.2) is 5.13 Å². The molecular weight excluding hydrogens is 328 g/mol. The van der Waals surface area contributed by atoms with Crippen molar-refractivity contribution in [2.24, 2.45) is 0 Å². The summed E-state index contributed by atoms with van der Waals surface area (Å²) < 4.78 is 5.06. The Morgan fingerprint density at radius 3 is 2.62 bits per heavy atom. The minimum atomic E-state index is -0.638. The lowest BCUT2D eigenvalue weighted by molar-refractivity contribution is -0.115. The molecule has 0 aliphatic heterocycles. The van der Waals surface area contributed by atoms with Crippen molar-refractivity contribution >= 4 is 28.5 Å². The summed E-state index contributed by atoms with van der Waals surface area (Å²) >= 11 is 1.30. The lowest BCUT2D eigenvalue weighted by Crippen LogP contribution is -2.37. The molecule has 0 spiro atoms. The fourth-order valence-electron chi connectivity index (χ4n) is 1.76. The Morgan fingerprint density at radius 1 is 1.21 bits per heavy atom. The smallest absolute Gasteiger partial charge is 0.408 e. The van der Waals surface area contributed by atoms with Crippen LogP contribution in [0.15, 0.2) is 23.6 Å². The lowest BCUT2D eigenvalue weighted by atomic mass is 10.2. The number of alkyl carbamates (subject to hydrolysis) is 1. The zero-order valence-corrected chi connectivity index (χ0v) is 14.9. The standard InChI is InChI=1S/C16H20N4O3S/c1-10-6-5-7-11(18-10)12-9-24-14(19-12)20-13(21)8-17-15(22)23-16(2,3)4/h5-7,9H,8H2,1-4H3,(H,17,22)(H,19,20,21). The monoisotopic (exact) mass is 348 g/mol. The van der Waals surface area contributed by atoms with Gasteiger partial charge in [0.2, 0.25) is 5.91 Å². The van der Waals surface area contributed by atoms with Crippen LogP contribution in [0.2, 0.25) is 0 Å². The Bertz CT molecular complexity index is 737. The van der Waals surface area contributed by atoms with Gasteiger partial charge >= 0.3 is 6.09 Å². The molecule has 2 heterocycles. The molecule has 0 saturated carbocycles. The van der Waals surface area contributed by atoms with E-state index in [1.165, 1.54) is 11.3 Å². The van der Waals surface area contributed by atoms with Crippen molar-refractivity contribution in [2.75, 3.05) is 11.9 Å². The Hall–Kier alpha value is -2.48. The van der Waals surface area contributed by atoms with Gasteiger partial charge in [-0.05, 0) is 39.8 Å². The van der Waals surface area contributed by atoms with E-state index < -0.39 is 11.7 Å². The first kappa shape index (κ1) is 17.9. The van der Waals surface area contributed by atoms with Gasteiger partial charge in [0, 0.05) is 11.1 Å². The maximum absolute atomic E-state index is 11.9. The highest BCUT2D eigenvalue weighted by atomic mass is 32.1. The Labute approximate surface area is 144 Å². The molecule has 0 aliphatic rings. The number of hydrogen-bond acceptors (Lipinski definition) is 6. The third-order valence-electron chi connectivity index (χ3n) is 2.69. The average molecular weight is 348 g/mol. The summed E-state index contributed by atoms with van der Waals surface area (Å²) in [6.07, 6.45) is -0.638. The number of carbonyl (C=O) groups is 2. The molecule has 128 valence electrons. The van der Waals surface area contributed by atoms with Crippen LogP contribution >= 0.6 is 11.3 Å². The van der Waals surface area contributed by atoms with Crippen molar-refractivity contribution in [3.05, 3.63) is 29.3 Å². The summed E-state index contributed by atoms with van der Waals surface area (Å²) in [5.74, 6) is -0.376. The highest BCUT2D eigenvalue weighted by Crippen LogP contribution is 2.23. The topological polar surface area (TPSA) is 93.2 Å². The van der Waals surface area contributed by atoms with Gasteiger partial charge in [0.05, 0.1) is 5.69 Å². The molecule has 0 fully saturated rings. The molecule has 2 amide bonds. The van der Waals surface area contributed by atoms with Crippen LogP contribution < -0.4 is 10.6 Å². The number of ether oxygens (including phenoxy) is 1. The number of anilines is 1. The Balaban J connectivity index is 1.88. The van der Waals surface area contributed by atoms with E-state index in [2.05, 4.69) is 20.6 Å². The van der Waals surface area contributed by atoms with E-state index >= 15 is 0 Å². The van der Waals surface area contributed by atoms with Gasteiger partial charge in [-0.15, -0.1) is 11.3 Å². The normalized spacial score (nSPS) is 11.0. The third kappa shape index (κ3) is 5.62. The van der Waals surface area contributed by atoms with E-state index in [0.717, 1.165) is 11.4 Å². The van der Waals surface area contributed by atoms with Gasteiger partial charge in [-0.3, -0.25) is 9.78 Å². The van der Waals surface area contributed by atoms with Crippen molar-refractivity contribution in [2.45, 2.75) is 33.3 Å². The second kappa shape index (κ2) is 7.39. The number of nitrogens with one attached hydrogen (secondary N) is 2. The fraction of sp³-hybridized carbons (Fsp3) is 0.375. The van der Waals surface area contributed by atoms with E-state index in [1.54, 1.807) is 20.8 Å². The van der Waals surface area contributed by atoms with E-state index in [-0.39, 0.29) is 12.5 Å². The quantitative estimate of drug-likeness (QED) is 0.886. The van der Waals surface area contributed by atoms with E-state index in [0.29, 0.717) is 10.8 Å². The SMILES string of the molecule is Cc1cccc(-c2csc(NC(=O)CNC(=O)OC(C)(C)C)n2)n1. The predicted molar refractivity (Wildman–Crippen MR) is 92.9 cm³/mol. The van der Waals surface area contributed by atoms with Crippen LogP contribution in [0.4, 0.5) is 9.93 Å². The maximum Gasteiger partial charge on any atom is 0.408 e. The molecule has 2 aromatic rings. The zero-order chi connectivity index (χ0) is 17.7. The molecule has 7 nitrogen and oxygen atoms in total. The molecule has 0 bridgehead atoms. The summed E-state index contributed by atoms with van der Waals surface area (Å²) in [4.78, 5) is 32.1. The van der Waals surface area contributed by atoms with Crippen molar-refractivity contribution in [3.63, 3.8) is 0 Å². The molecule has 0 radical (unpaired) electrons. The number of amides is 2. The highest BCUT2D eigenvalue weighted by molar-refractivity contribution is 7.14. The summed E-state index contributed by atoms with van der Waals surface area (Å²) in [5, 5.41) is 7.30. The first-order valence-electron chi connectivity index (χ1n) is 7.39. The largest absolute Gasteiger partial charge is 0.444 e. The van der Waals surface area contributed by atoms with Crippen LogP contribution in [0.1, 0.15) is 26.5 Å². The molecule has 0 unspecified atom stereocenters. The minimum Gasteiger partial charge on any atom is -0.444 e. The molecule has 0 aromatic carbocycles. The first-order valence-corrected chi connectivity index (χ1v) is 8.27. The average Bonchev–Trinajstić information content (AvgIpc) is 2.92. The van der Waals surface area contributed by atoms with Gasteiger partial charge in [-0.25, -0.2) is 9.78 Å². The third-order valence-corrected chi connectivity index (χ3v) is 3.45. The van der Waals surface area contributed by atoms with Crippen molar-refractivity contribution < 1.29 is 14.3 Å². The van der Waals surface area contributed by atoms with Gasteiger partial charge < -0.3 is 15.4 Å². The lowest BCUT2D eigenvalue weighted by Gasteiger charge is -2.19. The summed E-state index contributed by atoms with van der Waals surface area (Å²) in [5.41, 5.74) is 1.73. The Morgan fingerprint density at radius 2 is 1.96 bits per heavy atom. The van der Waals surface area contributed by atoms with Crippen molar-refractivity contribution in [3.8, 4) is 11.4 Å². The molecular formula is C16H20N4O3S. The van der Waals surface area contributed by atoms with E-state index in [4.69, 9.17) is 4.74 Å². The van der Waals surface area contributed by atoms with Crippen LogP contribution in [0, 0.1) is 6.92 Å². The molecule has 2 aromatic heterocycles. The molecule has 8 heteroatoms.